The fourth-order valence-corrected chi connectivity index (χ4v) is 12.3. The number of anilines is 3. The van der Waals surface area contributed by atoms with E-state index in [1.807, 2.05) is 11.3 Å². The maximum absolute atomic E-state index is 2.59. The second-order valence-electron chi connectivity index (χ2n) is 17.4. The molecule has 1 atom stereocenters. The Balaban J connectivity index is 1.13. The molecule has 2 aliphatic carbocycles. The lowest BCUT2D eigenvalue weighted by molar-refractivity contribution is 0.659. The summed E-state index contributed by atoms with van der Waals surface area (Å²) in [6.07, 6.45) is 0. The third-order valence-corrected chi connectivity index (χ3v) is 15.2. The third-order valence-electron chi connectivity index (χ3n) is 14.0. The molecule has 0 bridgehead atoms. The van der Waals surface area contributed by atoms with Crippen molar-refractivity contribution >= 4 is 59.3 Å². The van der Waals surface area contributed by atoms with Crippen molar-refractivity contribution in [2.24, 2.45) is 0 Å². The number of hydrogen-bond donors (Lipinski definition) is 0. The molecule has 0 amide bonds. The van der Waals surface area contributed by atoms with Gasteiger partial charge in [-0.05, 0) is 133 Å². The van der Waals surface area contributed by atoms with E-state index in [0.717, 1.165) is 5.69 Å². The van der Waals surface area contributed by atoms with Gasteiger partial charge in [0.05, 0.1) is 11.4 Å². The summed E-state index contributed by atoms with van der Waals surface area (Å²) >= 11 is 1.89. The van der Waals surface area contributed by atoms with Gasteiger partial charge < -0.3 is 4.90 Å². The van der Waals surface area contributed by atoms with Gasteiger partial charge in [-0.15, -0.1) is 11.3 Å². The molecule has 13 rings (SSSR count). The van der Waals surface area contributed by atoms with Crippen molar-refractivity contribution in [2.75, 3.05) is 4.90 Å². The summed E-state index contributed by atoms with van der Waals surface area (Å²) in [5, 5.41) is 5.17. The Kier molecular flexibility index (Phi) is 6.59. The van der Waals surface area contributed by atoms with Gasteiger partial charge >= 0.3 is 0 Å². The van der Waals surface area contributed by atoms with E-state index < -0.39 is 0 Å². The molecule has 2 heteroatoms. The number of nitrogens with zero attached hydrogens (tertiary/aromatic N) is 1. The largest absolute Gasteiger partial charge is 0.309 e. The van der Waals surface area contributed by atoms with Crippen molar-refractivity contribution in [1.82, 2.24) is 0 Å². The molecule has 59 heavy (non-hydrogen) atoms. The van der Waals surface area contributed by atoms with Gasteiger partial charge in [0.1, 0.15) is 0 Å². The van der Waals surface area contributed by atoms with Gasteiger partial charge in [-0.1, -0.05) is 147 Å². The van der Waals surface area contributed by atoms with Crippen LogP contribution < -0.4 is 4.90 Å². The van der Waals surface area contributed by atoms with E-state index in [4.69, 9.17) is 0 Å². The Morgan fingerprint density at radius 2 is 1.08 bits per heavy atom. The first kappa shape index (κ1) is 33.3. The quantitative estimate of drug-likeness (QED) is 0.173. The molecule has 2 heterocycles. The second-order valence-corrected chi connectivity index (χ2v) is 18.5. The molecule has 1 aliphatic heterocycles. The zero-order valence-corrected chi connectivity index (χ0v) is 34.0. The molecule has 0 saturated heterocycles. The van der Waals surface area contributed by atoms with E-state index >= 15 is 0 Å². The first-order valence-electron chi connectivity index (χ1n) is 20.8. The summed E-state index contributed by atoms with van der Waals surface area (Å²) in [5.74, 6) is 0. The average Bonchev–Trinajstić information content (AvgIpc) is 3.86. The Morgan fingerprint density at radius 1 is 0.407 bits per heavy atom. The predicted molar refractivity (Wildman–Crippen MR) is 251 cm³/mol. The van der Waals surface area contributed by atoms with Crippen LogP contribution in [0.4, 0.5) is 17.1 Å². The number of benzene rings is 9. The van der Waals surface area contributed by atoms with Crippen molar-refractivity contribution < 1.29 is 0 Å². The lowest BCUT2D eigenvalue weighted by Gasteiger charge is -2.43. The molecule has 0 radical (unpaired) electrons. The van der Waals surface area contributed by atoms with E-state index in [9.17, 15) is 0 Å². The lowest BCUT2D eigenvalue weighted by atomic mass is 9.69. The highest BCUT2D eigenvalue weighted by molar-refractivity contribution is 7.25. The Morgan fingerprint density at radius 3 is 1.95 bits per heavy atom. The number of fused-ring (bicyclic) bond motifs is 13. The predicted octanol–water partition coefficient (Wildman–Crippen LogP) is 16.0. The monoisotopic (exact) mass is 769 g/mol. The standard InChI is InChI=1S/C57H39NS/c1-56(2)47-19-11-9-17-41(47)44-33-50-45(32-49(44)56)46-29-38(37-23-27-43-42-18-10-12-20-52(42)59-53(43)31-37)30-51-54(46)57(50,3)48-28-24-36-15-7-8-16-40(36)55(48)58(51)39-25-21-35(22-26-39)34-13-5-4-6-14-34/h4-33H,1-3H3. The van der Waals surface area contributed by atoms with E-state index in [1.54, 1.807) is 0 Å². The van der Waals surface area contributed by atoms with Crippen LogP contribution >= 0.6 is 11.3 Å². The summed E-state index contributed by atoms with van der Waals surface area (Å²) in [4.78, 5) is 2.59. The molecule has 1 unspecified atom stereocenters. The topological polar surface area (TPSA) is 3.24 Å². The van der Waals surface area contributed by atoms with Crippen molar-refractivity contribution in [3.63, 3.8) is 0 Å². The lowest BCUT2D eigenvalue weighted by Crippen LogP contribution is -2.32. The van der Waals surface area contributed by atoms with Gasteiger partial charge in [-0.2, -0.15) is 0 Å². The van der Waals surface area contributed by atoms with Gasteiger partial charge in [0, 0.05) is 42.1 Å². The van der Waals surface area contributed by atoms with Crippen LogP contribution in [-0.2, 0) is 10.8 Å². The normalized spacial score (nSPS) is 16.6. The SMILES string of the molecule is CC1(C)c2ccccc2-c2cc3c(cc21)-c1cc(-c2ccc4c(c2)sc2ccccc24)cc2c1C3(C)c1ccc3ccccc3c1N2c1ccc(-c2ccccc2)cc1. The highest BCUT2D eigenvalue weighted by Crippen LogP contribution is 2.66. The minimum absolute atomic E-state index is 0.104. The average molecular weight is 770 g/mol. The van der Waals surface area contributed by atoms with Gasteiger partial charge in [-0.3, -0.25) is 0 Å². The Labute approximate surface area is 348 Å². The van der Waals surface area contributed by atoms with Crippen LogP contribution in [0.5, 0.6) is 0 Å². The molecule has 0 saturated carbocycles. The number of hydrogen-bond acceptors (Lipinski definition) is 2. The van der Waals surface area contributed by atoms with E-state index in [2.05, 4.69) is 208 Å². The highest BCUT2D eigenvalue weighted by Gasteiger charge is 2.50. The van der Waals surface area contributed by atoms with Crippen LogP contribution in [-0.4, -0.2) is 0 Å². The molecule has 10 aromatic rings. The Hall–Kier alpha value is -6.74. The Bertz CT molecular complexity index is 3420. The third kappa shape index (κ3) is 4.39. The summed E-state index contributed by atoms with van der Waals surface area (Å²) in [6.45, 7) is 7.31. The molecule has 9 aromatic carbocycles. The van der Waals surface area contributed by atoms with E-state index in [-0.39, 0.29) is 10.8 Å². The molecular formula is C57H39NS. The number of rotatable bonds is 3. The highest BCUT2D eigenvalue weighted by atomic mass is 32.1. The first-order valence-corrected chi connectivity index (χ1v) is 21.6. The number of thiophene rings is 1. The maximum Gasteiger partial charge on any atom is 0.0584 e. The zero-order valence-electron chi connectivity index (χ0n) is 33.2. The fraction of sp³-hybridized carbons (Fsp3) is 0.0877. The smallest absolute Gasteiger partial charge is 0.0584 e. The van der Waals surface area contributed by atoms with Crippen LogP contribution in [0.3, 0.4) is 0 Å². The molecule has 1 aromatic heterocycles. The van der Waals surface area contributed by atoms with Crippen molar-refractivity contribution in [1.29, 1.82) is 0 Å². The first-order chi connectivity index (χ1) is 28.9. The summed E-state index contributed by atoms with van der Waals surface area (Å²) in [6, 6.07) is 68.9. The molecular weight excluding hydrogens is 731 g/mol. The van der Waals surface area contributed by atoms with Gasteiger partial charge in [0.15, 0.2) is 0 Å². The van der Waals surface area contributed by atoms with Gasteiger partial charge in [0.25, 0.3) is 0 Å². The van der Waals surface area contributed by atoms with Crippen molar-refractivity contribution in [3.8, 4) is 44.5 Å². The molecule has 3 aliphatic rings. The van der Waals surface area contributed by atoms with Crippen molar-refractivity contribution in [3.05, 3.63) is 210 Å². The van der Waals surface area contributed by atoms with Crippen LogP contribution in [0.25, 0.3) is 75.5 Å². The van der Waals surface area contributed by atoms with Crippen LogP contribution in [0.2, 0.25) is 0 Å². The van der Waals surface area contributed by atoms with Gasteiger partial charge in [-0.25, -0.2) is 0 Å². The van der Waals surface area contributed by atoms with E-state index in [1.165, 1.54) is 115 Å². The molecule has 1 nitrogen and oxygen atoms in total. The molecule has 0 spiro atoms. The minimum Gasteiger partial charge on any atom is -0.309 e. The molecule has 278 valence electrons. The second kappa shape index (κ2) is 11.7. The zero-order chi connectivity index (χ0) is 39.2. The minimum atomic E-state index is -0.384. The fourth-order valence-electron chi connectivity index (χ4n) is 11.1. The molecule has 0 N–H and O–H groups in total. The van der Waals surface area contributed by atoms with Crippen LogP contribution in [0, 0.1) is 0 Å². The van der Waals surface area contributed by atoms with Crippen LogP contribution in [0.1, 0.15) is 48.6 Å². The van der Waals surface area contributed by atoms with E-state index in [0.29, 0.717) is 0 Å². The summed E-state index contributed by atoms with van der Waals surface area (Å²) < 4.78 is 2.66. The van der Waals surface area contributed by atoms with Crippen LogP contribution in [0.15, 0.2) is 182 Å². The van der Waals surface area contributed by atoms with Crippen molar-refractivity contribution in [2.45, 2.75) is 31.6 Å². The maximum atomic E-state index is 2.59. The molecule has 0 fully saturated rings. The van der Waals surface area contributed by atoms with Gasteiger partial charge in [0.2, 0.25) is 0 Å². The summed E-state index contributed by atoms with van der Waals surface area (Å²) in [7, 11) is 0. The summed E-state index contributed by atoms with van der Waals surface area (Å²) in [5.41, 5.74) is 20.5.